The fraction of sp³-hybridized carbons (Fsp3) is 0.500. The molecule has 0 aliphatic carbocycles. The number of methoxy groups -OCH3 is 1. The Morgan fingerprint density at radius 2 is 1.96 bits per heavy atom. The molecule has 7 heteroatoms. The van der Waals surface area contributed by atoms with Crippen LogP contribution in [0.4, 0.5) is 5.95 Å². The zero-order valence-electron chi connectivity index (χ0n) is 15.3. The van der Waals surface area contributed by atoms with Crippen molar-refractivity contribution in [1.82, 2.24) is 19.4 Å². The smallest absolute Gasteiger partial charge is 0.255 e. The summed E-state index contributed by atoms with van der Waals surface area (Å²) in [5.41, 5.74) is 2.99. The van der Waals surface area contributed by atoms with Crippen LogP contribution in [0.25, 0.3) is 0 Å². The van der Waals surface area contributed by atoms with E-state index in [-0.39, 0.29) is 5.91 Å². The number of ether oxygens (including phenoxy) is 1. The summed E-state index contributed by atoms with van der Waals surface area (Å²) in [6.45, 7) is 9.80. The van der Waals surface area contributed by atoms with Crippen LogP contribution in [0.5, 0.6) is 5.88 Å². The lowest BCUT2D eigenvalue weighted by molar-refractivity contribution is 0.0745. The number of piperazine rings is 1. The lowest BCUT2D eigenvalue weighted by Gasteiger charge is -2.34. The summed E-state index contributed by atoms with van der Waals surface area (Å²) in [6.07, 6.45) is 1.69. The van der Waals surface area contributed by atoms with Gasteiger partial charge in [0.05, 0.1) is 12.7 Å². The highest BCUT2D eigenvalue weighted by atomic mass is 16.5. The summed E-state index contributed by atoms with van der Waals surface area (Å²) in [5.74, 6) is 1.31. The Balaban J connectivity index is 1.68. The van der Waals surface area contributed by atoms with Gasteiger partial charge in [0.2, 0.25) is 11.8 Å². The molecule has 0 bridgehead atoms. The molecule has 0 saturated carbocycles. The Hall–Kier alpha value is -2.57. The maximum Gasteiger partial charge on any atom is 0.255 e. The van der Waals surface area contributed by atoms with Crippen LogP contribution in [-0.4, -0.2) is 58.6 Å². The van der Waals surface area contributed by atoms with Crippen molar-refractivity contribution < 1.29 is 9.53 Å². The number of hydrogen-bond donors (Lipinski definition) is 0. The zero-order valence-corrected chi connectivity index (χ0v) is 15.3. The van der Waals surface area contributed by atoms with Gasteiger partial charge < -0.3 is 19.1 Å². The summed E-state index contributed by atoms with van der Waals surface area (Å²) < 4.78 is 7.33. The predicted octanol–water partition coefficient (Wildman–Crippen LogP) is 1.89. The SMILES string of the molecule is CCn1c(C)cc(C(=O)N2CCN(c3nccc(OC)n3)CC2)c1C. The summed E-state index contributed by atoms with van der Waals surface area (Å²) in [6, 6.07) is 3.73. The first-order valence-electron chi connectivity index (χ1n) is 8.63. The van der Waals surface area contributed by atoms with Crippen molar-refractivity contribution in [2.24, 2.45) is 0 Å². The summed E-state index contributed by atoms with van der Waals surface area (Å²) >= 11 is 0. The van der Waals surface area contributed by atoms with Crippen LogP contribution in [0.2, 0.25) is 0 Å². The molecule has 0 atom stereocenters. The van der Waals surface area contributed by atoms with E-state index in [9.17, 15) is 4.79 Å². The molecule has 1 aliphatic rings. The van der Waals surface area contributed by atoms with E-state index in [4.69, 9.17) is 4.74 Å². The fourth-order valence-corrected chi connectivity index (χ4v) is 3.38. The second kappa shape index (κ2) is 7.13. The van der Waals surface area contributed by atoms with Gasteiger partial charge in [0.1, 0.15) is 0 Å². The lowest BCUT2D eigenvalue weighted by Crippen LogP contribution is -2.49. The van der Waals surface area contributed by atoms with Crippen molar-refractivity contribution in [2.45, 2.75) is 27.3 Å². The number of anilines is 1. The van der Waals surface area contributed by atoms with Gasteiger partial charge in [-0.3, -0.25) is 4.79 Å². The quantitative estimate of drug-likeness (QED) is 0.848. The third kappa shape index (κ3) is 3.31. The first-order valence-corrected chi connectivity index (χ1v) is 8.63. The number of aromatic nitrogens is 3. The van der Waals surface area contributed by atoms with Gasteiger partial charge in [-0.25, -0.2) is 4.98 Å². The van der Waals surface area contributed by atoms with Gasteiger partial charge in [0.15, 0.2) is 0 Å². The summed E-state index contributed by atoms with van der Waals surface area (Å²) in [5, 5.41) is 0. The van der Waals surface area contributed by atoms with E-state index in [1.807, 2.05) is 24.8 Å². The van der Waals surface area contributed by atoms with E-state index in [2.05, 4.69) is 26.4 Å². The molecule has 3 heterocycles. The van der Waals surface area contributed by atoms with Crippen LogP contribution in [0.15, 0.2) is 18.3 Å². The topological polar surface area (TPSA) is 63.5 Å². The number of nitrogens with zero attached hydrogens (tertiary/aromatic N) is 5. The van der Waals surface area contributed by atoms with E-state index in [1.54, 1.807) is 19.4 Å². The minimum Gasteiger partial charge on any atom is -0.481 e. The third-order valence-electron chi connectivity index (χ3n) is 4.80. The number of carbonyl (C=O) groups is 1. The minimum atomic E-state index is 0.110. The average molecular weight is 343 g/mol. The van der Waals surface area contributed by atoms with Crippen LogP contribution in [0.1, 0.15) is 28.7 Å². The van der Waals surface area contributed by atoms with Crippen LogP contribution < -0.4 is 9.64 Å². The number of aryl methyl sites for hydroxylation is 1. The van der Waals surface area contributed by atoms with Crippen LogP contribution in [-0.2, 0) is 6.54 Å². The van der Waals surface area contributed by atoms with E-state index < -0.39 is 0 Å². The molecule has 25 heavy (non-hydrogen) atoms. The standard InChI is InChI=1S/C18H25N5O2/c1-5-23-13(2)12-15(14(23)3)17(24)21-8-10-22(11-9-21)18-19-7-6-16(20-18)25-4/h6-7,12H,5,8-11H2,1-4H3. The molecule has 2 aromatic rings. The Morgan fingerprint density at radius 3 is 2.56 bits per heavy atom. The predicted molar refractivity (Wildman–Crippen MR) is 96.3 cm³/mol. The monoisotopic (exact) mass is 343 g/mol. The Bertz CT molecular complexity index is 763. The molecule has 134 valence electrons. The maximum atomic E-state index is 12.9. The van der Waals surface area contributed by atoms with Gasteiger partial charge >= 0.3 is 0 Å². The number of amides is 1. The zero-order chi connectivity index (χ0) is 18.0. The van der Waals surface area contributed by atoms with Crippen LogP contribution in [0.3, 0.4) is 0 Å². The molecule has 3 rings (SSSR count). The molecule has 1 fully saturated rings. The number of hydrogen-bond acceptors (Lipinski definition) is 5. The fourth-order valence-electron chi connectivity index (χ4n) is 3.38. The Morgan fingerprint density at radius 1 is 1.24 bits per heavy atom. The van der Waals surface area contributed by atoms with Crippen LogP contribution in [0, 0.1) is 13.8 Å². The molecule has 0 radical (unpaired) electrons. The molecule has 0 spiro atoms. The van der Waals surface area contributed by atoms with Crippen molar-refractivity contribution in [3.05, 3.63) is 35.3 Å². The Labute approximate surface area is 148 Å². The molecular weight excluding hydrogens is 318 g/mol. The second-order valence-electron chi connectivity index (χ2n) is 6.21. The highest BCUT2D eigenvalue weighted by Gasteiger charge is 2.26. The molecule has 0 N–H and O–H groups in total. The Kier molecular flexibility index (Phi) is 4.92. The molecule has 1 aliphatic heterocycles. The first-order chi connectivity index (χ1) is 12.0. The van der Waals surface area contributed by atoms with Crippen molar-refractivity contribution in [1.29, 1.82) is 0 Å². The molecular formula is C18H25N5O2. The van der Waals surface area contributed by atoms with Gasteiger partial charge in [-0.15, -0.1) is 0 Å². The lowest BCUT2D eigenvalue weighted by atomic mass is 10.2. The van der Waals surface area contributed by atoms with Crippen molar-refractivity contribution in [3.63, 3.8) is 0 Å². The van der Waals surface area contributed by atoms with Gasteiger partial charge in [0, 0.05) is 56.4 Å². The van der Waals surface area contributed by atoms with Crippen molar-refractivity contribution in [3.8, 4) is 5.88 Å². The largest absolute Gasteiger partial charge is 0.481 e. The van der Waals surface area contributed by atoms with Crippen molar-refractivity contribution in [2.75, 3.05) is 38.2 Å². The molecule has 0 unspecified atom stereocenters. The number of rotatable bonds is 4. The molecule has 1 amide bonds. The third-order valence-corrected chi connectivity index (χ3v) is 4.80. The number of carbonyl (C=O) groups excluding carboxylic acids is 1. The van der Waals surface area contributed by atoms with Gasteiger partial charge in [-0.1, -0.05) is 0 Å². The van der Waals surface area contributed by atoms with Gasteiger partial charge in [0.25, 0.3) is 5.91 Å². The minimum absolute atomic E-state index is 0.110. The van der Waals surface area contributed by atoms with Crippen molar-refractivity contribution >= 4 is 11.9 Å². The van der Waals surface area contributed by atoms with Gasteiger partial charge in [-0.2, -0.15) is 4.98 Å². The second-order valence-corrected chi connectivity index (χ2v) is 6.21. The first kappa shape index (κ1) is 17.3. The summed E-state index contributed by atoms with van der Waals surface area (Å²) in [4.78, 5) is 25.6. The molecule has 2 aromatic heterocycles. The molecule has 1 saturated heterocycles. The highest BCUT2D eigenvalue weighted by molar-refractivity contribution is 5.95. The highest BCUT2D eigenvalue weighted by Crippen LogP contribution is 2.19. The maximum absolute atomic E-state index is 12.9. The van der Waals surface area contributed by atoms with Crippen LogP contribution >= 0.6 is 0 Å². The molecule has 7 nitrogen and oxygen atoms in total. The van der Waals surface area contributed by atoms with E-state index >= 15 is 0 Å². The van der Waals surface area contributed by atoms with E-state index in [0.29, 0.717) is 38.0 Å². The van der Waals surface area contributed by atoms with E-state index in [1.165, 1.54) is 0 Å². The normalized spacial score (nSPS) is 14.7. The molecule has 0 aromatic carbocycles. The van der Waals surface area contributed by atoms with Gasteiger partial charge in [-0.05, 0) is 26.8 Å². The van der Waals surface area contributed by atoms with E-state index in [0.717, 1.165) is 23.5 Å². The average Bonchev–Trinajstić information content (AvgIpc) is 2.94. The summed E-state index contributed by atoms with van der Waals surface area (Å²) in [7, 11) is 1.59.